The highest BCUT2D eigenvalue weighted by Gasteiger charge is 2.03. The molecule has 0 atom stereocenters. The summed E-state index contributed by atoms with van der Waals surface area (Å²) in [7, 11) is 0. The molecule has 0 spiro atoms. The van der Waals surface area contributed by atoms with Gasteiger partial charge in [0, 0.05) is 0 Å². The van der Waals surface area contributed by atoms with Gasteiger partial charge in [-0.15, -0.1) is 0 Å². The summed E-state index contributed by atoms with van der Waals surface area (Å²) in [5.41, 5.74) is 0. The second kappa shape index (κ2) is 4.17. The minimum absolute atomic E-state index is 0.0286. The zero-order chi connectivity index (χ0) is 7.28. The predicted molar refractivity (Wildman–Crippen MR) is 21.7 cm³/mol. The van der Waals surface area contributed by atoms with Crippen molar-refractivity contribution in [1.82, 2.24) is 0 Å². The molecule has 0 aromatic heterocycles. The van der Waals surface area contributed by atoms with E-state index in [1.165, 1.54) is 0 Å². The van der Waals surface area contributed by atoms with Crippen LogP contribution in [-0.4, -0.2) is 6.61 Å². The van der Waals surface area contributed by atoms with Gasteiger partial charge in [-0.2, -0.15) is 17.6 Å². The van der Waals surface area contributed by atoms with Crippen LogP contribution in [0, 0.1) is 6.43 Å². The number of ether oxygens (including phenoxy) is 1. The fraction of sp³-hybridized carbons (Fsp3) is 0.250. The summed E-state index contributed by atoms with van der Waals surface area (Å²) in [6, 6.07) is 0. The Morgan fingerprint density at radius 2 is 1.78 bits per heavy atom. The molecule has 0 unspecified atom stereocenters. The molecule has 0 aliphatic heterocycles. The lowest BCUT2D eigenvalue weighted by Gasteiger charge is -1.93. The molecule has 0 aromatic rings. The highest BCUT2D eigenvalue weighted by Crippen LogP contribution is 2.04. The lowest BCUT2D eigenvalue weighted by atomic mass is 10.8. The van der Waals surface area contributed by atoms with Gasteiger partial charge in [0.25, 0.3) is 0 Å². The Balaban J connectivity index is 3.20. The van der Waals surface area contributed by atoms with E-state index in [9.17, 15) is 17.6 Å². The Hall–Kier alpha value is -0.740. The van der Waals surface area contributed by atoms with E-state index < -0.39 is 19.1 Å². The van der Waals surface area contributed by atoms with Crippen molar-refractivity contribution in [1.29, 1.82) is 0 Å². The van der Waals surface area contributed by atoms with E-state index in [2.05, 4.69) is 4.74 Å². The molecule has 0 heterocycles. The van der Waals surface area contributed by atoms with Crippen LogP contribution < -0.4 is 0 Å². The molecule has 1 nitrogen and oxygen atoms in total. The molecule has 0 saturated heterocycles. The molecule has 0 aliphatic rings. The van der Waals surface area contributed by atoms with E-state index in [0.717, 1.165) is 0 Å². The number of rotatable bonds is 3. The van der Waals surface area contributed by atoms with Crippen LogP contribution in [0.25, 0.3) is 0 Å². The summed E-state index contributed by atoms with van der Waals surface area (Å²) in [6.07, 6.45) is -4.19. The summed E-state index contributed by atoms with van der Waals surface area (Å²) >= 11 is 0. The Bertz CT molecular complexity index is 96.7. The smallest absolute Gasteiger partial charge is 0.346 e. The molecule has 53 valence electrons. The van der Waals surface area contributed by atoms with Gasteiger partial charge in [-0.05, 0) is 0 Å². The van der Waals surface area contributed by atoms with Crippen molar-refractivity contribution in [3.63, 3.8) is 0 Å². The van der Waals surface area contributed by atoms with Gasteiger partial charge in [-0.25, -0.2) is 0 Å². The fourth-order valence-corrected chi connectivity index (χ4v) is 0.168. The maximum Gasteiger partial charge on any atom is 0.346 e. The third kappa shape index (κ3) is 7.26. The van der Waals surface area contributed by atoms with Crippen molar-refractivity contribution in [2.45, 2.75) is 0 Å². The molecular formula is C4H3F4O. The number of halogens is 4. The van der Waals surface area contributed by atoms with E-state index in [1.54, 1.807) is 0 Å². The number of hydrogen-bond acceptors (Lipinski definition) is 1. The normalized spacial score (nSPS) is 9.44. The Morgan fingerprint density at radius 1 is 1.22 bits per heavy atom. The third-order valence-electron chi connectivity index (χ3n) is 0.365. The molecular weight excluding hydrogens is 140 g/mol. The van der Waals surface area contributed by atoms with Crippen LogP contribution in [0.3, 0.4) is 0 Å². The van der Waals surface area contributed by atoms with Gasteiger partial charge in [0.05, 0.1) is 0 Å². The summed E-state index contributed by atoms with van der Waals surface area (Å²) < 4.78 is 47.6. The molecule has 0 amide bonds. The first-order valence-corrected chi connectivity index (χ1v) is 1.92. The van der Waals surface area contributed by atoms with Crippen molar-refractivity contribution in [3.8, 4) is 0 Å². The van der Waals surface area contributed by atoms with Crippen LogP contribution >= 0.6 is 0 Å². The van der Waals surface area contributed by atoms with E-state index >= 15 is 0 Å². The summed E-state index contributed by atoms with van der Waals surface area (Å²) in [5.74, 6) is 0. The van der Waals surface area contributed by atoms with Crippen molar-refractivity contribution in [2.24, 2.45) is 0 Å². The maximum atomic E-state index is 11.0. The molecule has 0 rings (SSSR count). The summed E-state index contributed by atoms with van der Waals surface area (Å²) in [4.78, 5) is 0. The first-order chi connectivity index (χ1) is 4.13. The van der Waals surface area contributed by atoms with Gasteiger partial charge in [0.15, 0.2) is 6.61 Å². The van der Waals surface area contributed by atoms with Crippen molar-refractivity contribution < 1.29 is 22.3 Å². The molecule has 1 radical (unpaired) electrons. The highest BCUT2D eigenvalue weighted by molar-refractivity contribution is 4.71. The largest absolute Gasteiger partial charge is 0.489 e. The van der Waals surface area contributed by atoms with Crippen molar-refractivity contribution in [2.75, 3.05) is 6.61 Å². The first kappa shape index (κ1) is 8.26. The predicted octanol–water partition coefficient (Wildman–Crippen LogP) is 2.17. The first-order valence-electron chi connectivity index (χ1n) is 1.92. The highest BCUT2D eigenvalue weighted by atomic mass is 19.3. The van der Waals surface area contributed by atoms with E-state index in [-0.39, 0.29) is 6.26 Å². The zero-order valence-corrected chi connectivity index (χ0v) is 4.20. The van der Waals surface area contributed by atoms with Crippen LogP contribution in [0.15, 0.2) is 12.3 Å². The zero-order valence-electron chi connectivity index (χ0n) is 4.20. The van der Waals surface area contributed by atoms with Crippen LogP contribution in [-0.2, 0) is 4.74 Å². The second-order valence-electron chi connectivity index (χ2n) is 1.06. The topological polar surface area (TPSA) is 9.23 Å². The standard InChI is InChI=1S/C4H3F4O/c5-3(6)1-9-2-4(7)8/h1H,2H2. The molecule has 0 aliphatic carbocycles. The average Bonchev–Trinajstić information content (AvgIpc) is 1.63. The number of hydrogen-bond donors (Lipinski definition) is 0. The molecule has 5 heteroatoms. The van der Waals surface area contributed by atoms with Crippen molar-refractivity contribution in [3.05, 3.63) is 18.8 Å². The van der Waals surface area contributed by atoms with Crippen LogP contribution in [0.4, 0.5) is 17.6 Å². The monoisotopic (exact) mass is 143 g/mol. The quantitative estimate of drug-likeness (QED) is 0.434. The molecule has 0 saturated carbocycles. The fourth-order valence-electron chi connectivity index (χ4n) is 0.168. The lowest BCUT2D eigenvalue weighted by molar-refractivity contribution is 0.142. The minimum atomic E-state index is -2.13. The summed E-state index contributed by atoms with van der Waals surface area (Å²) in [6.45, 7) is -1.07. The summed E-state index contributed by atoms with van der Waals surface area (Å²) in [5, 5.41) is 0. The Morgan fingerprint density at radius 3 is 2.11 bits per heavy atom. The van der Waals surface area contributed by atoms with Crippen LogP contribution in [0.1, 0.15) is 0 Å². The lowest BCUT2D eigenvalue weighted by Crippen LogP contribution is -1.90. The van der Waals surface area contributed by atoms with Crippen LogP contribution in [0.2, 0.25) is 0 Å². The van der Waals surface area contributed by atoms with E-state index in [0.29, 0.717) is 0 Å². The third-order valence-corrected chi connectivity index (χ3v) is 0.365. The Labute approximate surface area is 48.9 Å². The molecule has 9 heavy (non-hydrogen) atoms. The molecule has 0 bridgehead atoms. The molecule has 0 fully saturated rings. The molecule has 0 N–H and O–H groups in total. The van der Waals surface area contributed by atoms with Gasteiger partial charge >= 0.3 is 12.5 Å². The van der Waals surface area contributed by atoms with Gasteiger partial charge in [-0.3, -0.25) is 0 Å². The van der Waals surface area contributed by atoms with Gasteiger partial charge in [0.2, 0.25) is 0 Å². The second-order valence-corrected chi connectivity index (χ2v) is 1.06. The minimum Gasteiger partial charge on any atom is -0.489 e. The average molecular weight is 143 g/mol. The van der Waals surface area contributed by atoms with Gasteiger partial charge < -0.3 is 4.74 Å². The van der Waals surface area contributed by atoms with E-state index in [4.69, 9.17) is 0 Å². The maximum absolute atomic E-state index is 11.0. The van der Waals surface area contributed by atoms with Crippen molar-refractivity contribution >= 4 is 0 Å². The SMILES string of the molecule is F[C](F)COC=C(F)F. The van der Waals surface area contributed by atoms with Gasteiger partial charge in [0.1, 0.15) is 6.26 Å². The molecule has 0 aromatic carbocycles. The van der Waals surface area contributed by atoms with Crippen LogP contribution in [0.5, 0.6) is 0 Å². The Kier molecular flexibility index (Phi) is 3.83. The van der Waals surface area contributed by atoms with E-state index in [1.807, 2.05) is 0 Å². The van der Waals surface area contributed by atoms with Gasteiger partial charge in [-0.1, -0.05) is 0 Å².